The molecular formula is C27H45N3O5S. The second kappa shape index (κ2) is 15.4. The molecule has 9 heteroatoms. The second-order valence-electron chi connectivity index (χ2n) is 10.4. The lowest BCUT2D eigenvalue weighted by atomic mass is 9.90. The molecule has 3 fully saturated rings. The van der Waals surface area contributed by atoms with Gasteiger partial charge in [-0.15, -0.1) is 0 Å². The van der Waals surface area contributed by atoms with E-state index in [1.165, 1.54) is 0 Å². The topological polar surface area (TPSA) is 80.3 Å². The number of carbonyl (C=O) groups is 2. The lowest BCUT2D eigenvalue weighted by Gasteiger charge is -2.43. The number of likely N-dealkylation sites (tertiary alicyclic amines) is 2. The summed E-state index contributed by atoms with van der Waals surface area (Å²) < 4.78 is 16.0. The second-order valence-corrected chi connectivity index (χ2v) is 11.2. The molecule has 204 valence electrons. The summed E-state index contributed by atoms with van der Waals surface area (Å²) in [5.41, 5.74) is 1.09. The summed E-state index contributed by atoms with van der Waals surface area (Å²) in [6.07, 6.45) is 4.56. The van der Waals surface area contributed by atoms with E-state index < -0.39 is 0 Å². The molecule has 3 aliphatic rings. The zero-order chi connectivity index (χ0) is 26.4. The lowest BCUT2D eigenvalue weighted by Crippen LogP contribution is -2.55. The summed E-state index contributed by atoms with van der Waals surface area (Å²) in [7, 11) is 1.71. The van der Waals surface area contributed by atoms with Crippen molar-refractivity contribution in [2.45, 2.75) is 69.5 Å². The summed E-state index contributed by atoms with van der Waals surface area (Å²) in [6, 6.07) is 9.73. The van der Waals surface area contributed by atoms with Crippen molar-refractivity contribution in [3.05, 3.63) is 35.9 Å². The molecule has 1 N–H and O–H groups in total. The zero-order valence-electron chi connectivity index (χ0n) is 22.4. The van der Waals surface area contributed by atoms with Gasteiger partial charge < -0.3 is 29.3 Å². The molecule has 2 amide bonds. The van der Waals surface area contributed by atoms with Gasteiger partial charge in [-0.05, 0) is 52.0 Å². The summed E-state index contributed by atoms with van der Waals surface area (Å²) in [5.74, 6) is 0. The van der Waals surface area contributed by atoms with E-state index in [0.717, 1.165) is 83.5 Å². The van der Waals surface area contributed by atoms with Crippen LogP contribution in [0.1, 0.15) is 52.0 Å². The minimum Gasteiger partial charge on any atom is -0.445 e. The molecule has 0 atom stereocenters. The highest BCUT2D eigenvalue weighted by molar-refractivity contribution is 7.80. The van der Waals surface area contributed by atoms with Crippen molar-refractivity contribution < 1.29 is 23.8 Å². The summed E-state index contributed by atoms with van der Waals surface area (Å²) in [6.45, 7) is 12.3. The van der Waals surface area contributed by atoms with Gasteiger partial charge in [0.15, 0.2) is 0 Å². The van der Waals surface area contributed by atoms with Crippen LogP contribution in [0, 0.1) is 0 Å². The predicted molar refractivity (Wildman–Crippen MR) is 145 cm³/mol. The number of benzene rings is 1. The van der Waals surface area contributed by atoms with Crippen LogP contribution in [0.3, 0.4) is 0 Å². The van der Waals surface area contributed by atoms with E-state index >= 15 is 0 Å². The van der Waals surface area contributed by atoms with Crippen LogP contribution in [0.15, 0.2) is 30.3 Å². The third-order valence-corrected chi connectivity index (χ3v) is 7.05. The first-order chi connectivity index (χ1) is 17.2. The number of carbonyl (C=O) groups excluding carboxylic acids is 2. The minimum atomic E-state index is -0.214. The molecule has 0 bridgehead atoms. The molecule has 0 unspecified atom stereocenters. The highest BCUT2D eigenvalue weighted by Crippen LogP contribution is 2.26. The molecule has 3 saturated heterocycles. The fraction of sp³-hybridized carbons (Fsp3) is 0.704. The number of thiol groups is 1. The van der Waals surface area contributed by atoms with Crippen LogP contribution < -0.4 is 5.32 Å². The van der Waals surface area contributed by atoms with Gasteiger partial charge in [0.05, 0.1) is 17.8 Å². The first kappa shape index (κ1) is 30.4. The minimum absolute atomic E-state index is 0.0256. The van der Waals surface area contributed by atoms with E-state index in [9.17, 15) is 9.59 Å². The zero-order valence-corrected chi connectivity index (χ0v) is 23.3. The normalized spacial score (nSPS) is 19.9. The smallest absolute Gasteiger partial charge is 0.410 e. The summed E-state index contributed by atoms with van der Waals surface area (Å²) in [4.78, 5) is 25.8. The summed E-state index contributed by atoms with van der Waals surface area (Å²) >= 11 is 4.40. The molecule has 0 radical (unpaired) electrons. The first-order valence-electron chi connectivity index (χ1n) is 12.9. The molecule has 3 heterocycles. The molecule has 1 aromatic carbocycles. The van der Waals surface area contributed by atoms with E-state index in [1.807, 2.05) is 56.0 Å². The van der Waals surface area contributed by atoms with Gasteiger partial charge in [0, 0.05) is 51.6 Å². The standard InChI is InChI=1S/C13H17NO2S.C9H16N2O2.C5H12O/c15-13(14-8-6-12(17)7-9-14)16-10-11-4-2-1-3-5-11;12-8-11-4-1-9(2-5-11)7-10-3-6-13-9;1-5(2,3)6-4/h1-5,12,17H,6-10H2;8,10H,1-7H2;1-4H3. The van der Waals surface area contributed by atoms with Gasteiger partial charge in [-0.3, -0.25) is 4.79 Å². The number of piperidine rings is 2. The molecule has 0 saturated carbocycles. The Morgan fingerprint density at radius 1 is 1.17 bits per heavy atom. The highest BCUT2D eigenvalue weighted by atomic mass is 32.1. The van der Waals surface area contributed by atoms with Gasteiger partial charge in [-0.1, -0.05) is 30.3 Å². The maximum atomic E-state index is 11.8. The van der Waals surface area contributed by atoms with Gasteiger partial charge in [0.2, 0.25) is 6.41 Å². The van der Waals surface area contributed by atoms with Crippen LogP contribution in [0.4, 0.5) is 4.79 Å². The van der Waals surface area contributed by atoms with Crippen molar-refractivity contribution >= 4 is 25.1 Å². The summed E-state index contributed by atoms with van der Waals surface area (Å²) in [5, 5.41) is 3.77. The number of ether oxygens (including phenoxy) is 3. The van der Waals surface area contributed by atoms with E-state index in [2.05, 4.69) is 17.9 Å². The van der Waals surface area contributed by atoms with Gasteiger partial charge in [-0.25, -0.2) is 4.79 Å². The Morgan fingerprint density at radius 3 is 2.28 bits per heavy atom. The Labute approximate surface area is 222 Å². The average Bonchev–Trinajstić information content (AvgIpc) is 2.90. The maximum Gasteiger partial charge on any atom is 0.410 e. The van der Waals surface area contributed by atoms with Gasteiger partial charge >= 0.3 is 6.09 Å². The van der Waals surface area contributed by atoms with Gasteiger partial charge in [0.25, 0.3) is 0 Å². The third-order valence-electron chi connectivity index (χ3n) is 6.53. The molecule has 1 spiro atoms. The van der Waals surface area contributed by atoms with E-state index in [-0.39, 0.29) is 17.3 Å². The number of nitrogens with zero attached hydrogens (tertiary/aromatic N) is 2. The molecule has 1 aromatic rings. The van der Waals surface area contributed by atoms with E-state index in [4.69, 9.17) is 14.2 Å². The molecule has 3 aliphatic heterocycles. The van der Waals surface area contributed by atoms with Crippen LogP contribution in [0.2, 0.25) is 0 Å². The monoisotopic (exact) mass is 523 g/mol. The van der Waals surface area contributed by atoms with E-state index in [0.29, 0.717) is 11.9 Å². The van der Waals surface area contributed by atoms with Crippen LogP contribution in [-0.4, -0.2) is 91.7 Å². The Morgan fingerprint density at radius 2 is 1.78 bits per heavy atom. The molecular weight excluding hydrogens is 478 g/mol. The van der Waals surface area contributed by atoms with Crippen molar-refractivity contribution in [2.24, 2.45) is 0 Å². The van der Waals surface area contributed by atoms with Crippen LogP contribution in [0.25, 0.3) is 0 Å². The van der Waals surface area contributed by atoms with Crippen LogP contribution in [0.5, 0.6) is 0 Å². The molecule has 0 aromatic heterocycles. The quantitative estimate of drug-likeness (QED) is 0.464. The number of amides is 2. The van der Waals surface area contributed by atoms with Crippen LogP contribution >= 0.6 is 12.6 Å². The van der Waals surface area contributed by atoms with Crippen molar-refractivity contribution in [2.75, 3.05) is 53.0 Å². The highest BCUT2D eigenvalue weighted by Gasteiger charge is 2.36. The third kappa shape index (κ3) is 11.5. The Balaban J connectivity index is 0.000000212. The van der Waals surface area contributed by atoms with Crippen molar-refractivity contribution in [3.63, 3.8) is 0 Å². The Bertz CT molecular complexity index is 750. The number of nitrogens with one attached hydrogen (secondary N) is 1. The molecule has 8 nitrogen and oxygen atoms in total. The van der Waals surface area contributed by atoms with Crippen molar-refractivity contribution in [1.29, 1.82) is 0 Å². The molecule has 36 heavy (non-hydrogen) atoms. The lowest BCUT2D eigenvalue weighted by molar-refractivity contribution is -0.128. The Hall–Kier alpha value is -1.81. The maximum absolute atomic E-state index is 11.8. The molecule has 4 rings (SSSR count). The fourth-order valence-corrected chi connectivity index (χ4v) is 4.15. The Kier molecular flexibility index (Phi) is 13.0. The number of hydrogen-bond donors (Lipinski definition) is 2. The SMILES string of the molecule is COC(C)(C)C.O=C(OCc1ccccc1)N1CCC(S)CC1.O=CN1CCC2(CC1)CNCCO2. The largest absolute Gasteiger partial charge is 0.445 e. The predicted octanol–water partition coefficient (Wildman–Crippen LogP) is 3.75. The average molecular weight is 524 g/mol. The number of hydrogen-bond acceptors (Lipinski definition) is 7. The fourth-order valence-electron chi connectivity index (χ4n) is 3.92. The molecule has 0 aliphatic carbocycles. The van der Waals surface area contributed by atoms with Gasteiger partial charge in [-0.2, -0.15) is 12.6 Å². The first-order valence-corrected chi connectivity index (χ1v) is 13.4. The van der Waals surface area contributed by atoms with Crippen molar-refractivity contribution in [3.8, 4) is 0 Å². The van der Waals surface area contributed by atoms with E-state index in [1.54, 1.807) is 12.0 Å². The van der Waals surface area contributed by atoms with Crippen LogP contribution in [-0.2, 0) is 25.6 Å². The number of morpholine rings is 1. The number of rotatable bonds is 3. The van der Waals surface area contributed by atoms with Gasteiger partial charge in [0.1, 0.15) is 6.61 Å². The van der Waals surface area contributed by atoms with Crippen molar-refractivity contribution in [1.82, 2.24) is 15.1 Å². The number of methoxy groups -OCH3 is 1.